The summed E-state index contributed by atoms with van der Waals surface area (Å²) < 4.78 is 6.33. The SMILES string of the molecule is CC(=O)N(c1ccccc1)c1nc(COC(=O)c2cc(-c3ccc(Br)cc3)n[nH]2)cs1. The molecule has 156 valence electrons. The number of nitrogens with one attached hydrogen (secondary N) is 1. The van der Waals surface area contributed by atoms with Crippen LogP contribution in [0.3, 0.4) is 0 Å². The molecule has 2 aromatic carbocycles. The van der Waals surface area contributed by atoms with Gasteiger partial charge in [0.1, 0.15) is 12.3 Å². The van der Waals surface area contributed by atoms with Gasteiger partial charge in [-0.2, -0.15) is 5.10 Å². The normalized spacial score (nSPS) is 10.6. The number of hydrogen-bond donors (Lipinski definition) is 1. The highest BCUT2D eigenvalue weighted by molar-refractivity contribution is 9.10. The maximum Gasteiger partial charge on any atom is 0.356 e. The summed E-state index contributed by atoms with van der Waals surface area (Å²) >= 11 is 4.70. The number of nitrogens with zero attached hydrogens (tertiary/aromatic N) is 3. The van der Waals surface area contributed by atoms with Crippen LogP contribution in [0.1, 0.15) is 23.1 Å². The second kappa shape index (κ2) is 9.23. The molecule has 0 atom stereocenters. The van der Waals surface area contributed by atoms with Crippen molar-refractivity contribution in [2.24, 2.45) is 0 Å². The zero-order valence-electron chi connectivity index (χ0n) is 16.4. The van der Waals surface area contributed by atoms with Crippen molar-refractivity contribution in [3.63, 3.8) is 0 Å². The molecule has 31 heavy (non-hydrogen) atoms. The standard InChI is InChI=1S/C22H17BrN4O3S/c1-14(28)27(18-5-3-2-4-6-18)22-24-17(13-31-22)12-30-21(29)20-11-19(25-26-20)15-7-9-16(23)10-8-15/h2-11,13H,12H2,1H3,(H,25,26). The van der Waals surface area contributed by atoms with Crippen LogP contribution in [0.15, 0.2) is 70.5 Å². The molecule has 0 radical (unpaired) electrons. The third-order valence-electron chi connectivity index (χ3n) is 4.35. The maximum absolute atomic E-state index is 12.4. The number of amides is 1. The van der Waals surface area contributed by atoms with Crippen LogP contribution >= 0.6 is 27.3 Å². The van der Waals surface area contributed by atoms with Crippen molar-refractivity contribution in [3.05, 3.63) is 81.9 Å². The number of benzene rings is 2. The molecular formula is C22H17BrN4O3S. The summed E-state index contributed by atoms with van der Waals surface area (Å²) in [7, 11) is 0. The summed E-state index contributed by atoms with van der Waals surface area (Å²) in [5.41, 5.74) is 3.07. The average molecular weight is 497 g/mol. The van der Waals surface area contributed by atoms with E-state index in [4.69, 9.17) is 4.74 Å². The van der Waals surface area contributed by atoms with Gasteiger partial charge in [-0.25, -0.2) is 9.78 Å². The summed E-state index contributed by atoms with van der Waals surface area (Å²) in [6.07, 6.45) is 0. The molecule has 1 N–H and O–H groups in total. The summed E-state index contributed by atoms with van der Waals surface area (Å²) in [4.78, 5) is 30.5. The lowest BCUT2D eigenvalue weighted by molar-refractivity contribution is -0.115. The predicted molar refractivity (Wildman–Crippen MR) is 122 cm³/mol. The zero-order valence-corrected chi connectivity index (χ0v) is 18.8. The highest BCUT2D eigenvalue weighted by atomic mass is 79.9. The largest absolute Gasteiger partial charge is 0.454 e. The lowest BCUT2D eigenvalue weighted by Gasteiger charge is -2.17. The van der Waals surface area contributed by atoms with Gasteiger partial charge in [0, 0.05) is 22.3 Å². The van der Waals surface area contributed by atoms with E-state index in [0.29, 0.717) is 16.5 Å². The monoisotopic (exact) mass is 496 g/mol. The van der Waals surface area contributed by atoms with Gasteiger partial charge in [0.25, 0.3) is 0 Å². The van der Waals surface area contributed by atoms with Crippen molar-refractivity contribution in [1.82, 2.24) is 15.2 Å². The van der Waals surface area contributed by atoms with Crippen LogP contribution in [-0.4, -0.2) is 27.1 Å². The Hall–Kier alpha value is -3.30. The third kappa shape index (κ3) is 4.89. The van der Waals surface area contributed by atoms with Crippen LogP contribution in [0.4, 0.5) is 10.8 Å². The van der Waals surface area contributed by atoms with E-state index in [9.17, 15) is 9.59 Å². The molecule has 0 aliphatic heterocycles. The Balaban J connectivity index is 1.42. The smallest absolute Gasteiger partial charge is 0.356 e. The van der Waals surface area contributed by atoms with Crippen LogP contribution in [0.2, 0.25) is 0 Å². The molecule has 0 aliphatic rings. The molecule has 0 aliphatic carbocycles. The molecule has 0 unspecified atom stereocenters. The van der Waals surface area contributed by atoms with E-state index >= 15 is 0 Å². The van der Waals surface area contributed by atoms with E-state index in [1.165, 1.54) is 23.2 Å². The number of carbonyl (C=O) groups is 2. The first kappa shape index (κ1) is 21.0. The second-order valence-electron chi connectivity index (χ2n) is 6.56. The summed E-state index contributed by atoms with van der Waals surface area (Å²) in [5, 5.41) is 9.16. The van der Waals surface area contributed by atoms with Gasteiger partial charge in [0.05, 0.1) is 17.1 Å². The number of rotatable bonds is 6. The minimum atomic E-state index is -0.531. The Morgan fingerprint density at radius 3 is 2.58 bits per heavy atom. The first-order valence-electron chi connectivity index (χ1n) is 9.30. The van der Waals surface area contributed by atoms with Gasteiger partial charge in [0.2, 0.25) is 5.91 Å². The number of aromatic amines is 1. The van der Waals surface area contributed by atoms with Crippen molar-refractivity contribution >= 4 is 50.0 Å². The number of para-hydroxylation sites is 1. The van der Waals surface area contributed by atoms with E-state index in [0.717, 1.165) is 15.7 Å². The highest BCUT2D eigenvalue weighted by Gasteiger charge is 2.19. The lowest BCUT2D eigenvalue weighted by Crippen LogP contribution is -2.22. The number of thiazole rings is 1. The van der Waals surface area contributed by atoms with Gasteiger partial charge in [-0.1, -0.05) is 46.3 Å². The fourth-order valence-corrected chi connectivity index (χ4v) is 4.02. The van der Waals surface area contributed by atoms with Gasteiger partial charge in [-0.3, -0.25) is 14.8 Å². The molecule has 4 aromatic rings. The molecule has 0 saturated carbocycles. The maximum atomic E-state index is 12.4. The van der Waals surface area contributed by atoms with E-state index < -0.39 is 5.97 Å². The number of hydrogen-bond acceptors (Lipinski definition) is 6. The van der Waals surface area contributed by atoms with Gasteiger partial charge in [-0.15, -0.1) is 11.3 Å². The van der Waals surface area contributed by atoms with Crippen LogP contribution in [0, 0.1) is 0 Å². The first-order valence-corrected chi connectivity index (χ1v) is 11.0. The Bertz CT molecular complexity index is 1200. The van der Waals surface area contributed by atoms with Gasteiger partial charge in [-0.05, 0) is 30.3 Å². The number of aromatic nitrogens is 3. The first-order chi connectivity index (χ1) is 15.0. The van der Waals surface area contributed by atoms with Crippen LogP contribution in [0.5, 0.6) is 0 Å². The Labute approximate surface area is 190 Å². The van der Waals surface area contributed by atoms with Gasteiger partial charge < -0.3 is 4.74 Å². The second-order valence-corrected chi connectivity index (χ2v) is 8.31. The van der Waals surface area contributed by atoms with Crippen molar-refractivity contribution in [3.8, 4) is 11.3 Å². The number of carbonyl (C=O) groups excluding carboxylic acids is 2. The Morgan fingerprint density at radius 1 is 1.13 bits per heavy atom. The van der Waals surface area contributed by atoms with E-state index in [2.05, 4.69) is 31.1 Å². The fourth-order valence-electron chi connectivity index (χ4n) is 2.88. The van der Waals surface area contributed by atoms with Crippen molar-refractivity contribution in [2.75, 3.05) is 4.90 Å². The molecule has 2 heterocycles. The molecule has 0 spiro atoms. The van der Waals surface area contributed by atoms with Crippen LogP contribution < -0.4 is 4.90 Å². The van der Waals surface area contributed by atoms with Gasteiger partial charge >= 0.3 is 5.97 Å². The Morgan fingerprint density at radius 2 is 1.87 bits per heavy atom. The Kier molecular flexibility index (Phi) is 6.24. The fraction of sp³-hybridized carbons (Fsp3) is 0.0909. The molecular weight excluding hydrogens is 480 g/mol. The molecule has 1 amide bonds. The summed E-state index contributed by atoms with van der Waals surface area (Å²) in [6.45, 7) is 1.47. The van der Waals surface area contributed by atoms with Gasteiger partial charge in [0.15, 0.2) is 5.13 Å². The highest BCUT2D eigenvalue weighted by Crippen LogP contribution is 2.29. The summed E-state index contributed by atoms with van der Waals surface area (Å²) in [5.74, 6) is -0.682. The molecule has 7 nitrogen and oxygen atoms in total. The van der Waals surface area contributed by atoms with Crippen LogP contribution in [-0.2, 0) is 16.1 Å². The summed E-state index contributed by atoms with van der Waals surface area (Å²) in [6, 6.07) is 18.5. The topological polar surface area (TPSA) is 88.2 Å². The predicted octanol–water partition coefficient (Wildman–Crippen LogP) is 5.34. The molecule has 0 bridgehead atoms. The van der Waals surface area contributed by atoms with Crippen molar-refractivity contribution in [2.45, 2.75) is 13.5 Å². The quantitative estimate of drug-likeness (QED) is 0.364. The number of esters is 1. The number of ether oxygens (including phenoxy) is 1. The molecule has 9 heteroatoms. The van der Waals surface area contributed by atoms with E-state index in [-0.39, 0.29) is 18.2 Å². The van der Waals surface area contributed by atoms with Crippen LogP contribution in [0.25, 0.3) is 11.3 Å². The molecule has 0 saturated heterocycles. The van der Waals surface area contributed by atoms with E-state index in [1.54, 1.807) is 11.4 Å². The third-order valence-corrected chi connectivity index (χ3v) is 5.75. The minimum absolute atomic E-state index is 0.0114. The van der Waals surface area contributed by atoms with E-state index in [1.807, 2.05) is 54.6 Å². The average Bonchev–Trinajstić information content (AvgIpc) is 3.44. The number of anilines is 2. The number of halogens is 1. The lowest BCUT2D eigenvalue weighted by atomic mass is 10.1. The van der Waals surface area contributed by atoms with Crippen molar-refractivity contribution in [1.29, 1.82) is 0 Å². The molecule has 0 fully saturated rings. The zero-order chi connectivity index (χ0) is 21.8. The number of H-pyrrole nitrogens is 1. The molecule has 4 rings (SSSR count). The molecule has 2 aromatic heterocycles. The van der Waals surface area contributed by atoms with Crippen molar-refractivity contribution < 1.29 is 14.3 Å². The minimum Gasteiger partial charge on any atom is -0.454 e.